The number of hydrogen-bond acceptors (Lipinski definition) is 5. The predicted octanol–water partition coefficient (Wildman–Crippen LogP) is 5.52. The topological polar surface area (TPSA) is 87.1 Å². The quantitative estimate of drug-likeness (QED) is 0.269. The summed E-state index contributed by atoms with van der Waals surface area (Å²) in [7, 11) is -2.69. The van der Waals surface area contributed by atoms with Crippen LogP contribution in [0.25, 0.3) is 37.9 Å². The Hall–Kier alpha value is -3.20. The summed E-state index contributed by atoms with van der Waals surface area (Å²) in [6, 6.07) is 11.9. The van der Waals surface area contributed by atoms with E-state index in [1.165, 1.54) is 0 Å². The summed E-state index contributed by atoms with van der Waals surface area (Å²) in [6.45, 7) is 16.3. The maximum Gasteiger partial charge on any atom is 0.224 e. The van der Waals surface area contributed by atoms with Crippen LogP contribution in [0, 0.1) is 6.57 Å². The number of nitrogens with zero attached hydrogens (tertiary/aromatic N) is 3. The number of anilines is 1. The van der Waals surface area contributed by atoms with Crippen molar-refractivity contribution in [2.45, 2.75) is 38.3 Å². The molecule has 34 heavy (non-hydrogen) atoms. The zero-order valence-electron chi connectivity index (χ0n) is 19.9. The average Bonchev–Trinajstić information content (AvgIpc) is 3.22. The fourth-order valence-electron chi connectivity index (χ4n) is 4.78. The van der Waals surface area contributed by atoms with Gasteiger partial charge in [0.2, 0.25) is 5.95 Å². The summed E-state index contributed by atoms with van der Waals surface area (Å²) in [5, 5.41) is 9.57. The van der Waals surface area contributed by atoms with Gasteiger partial charge in [-0.2, -0.15) is 0 Å². The summed E-state index contributed by atoms with van der Waals surface area (Å²) in [6.07, 6.45) is 4.03. The lowest BCUT2D eigenvalue weighted by Crippen LogP contribution is -2.50. The second kappa shape index (κ2) is 8.23. The summed E-state index contributed by atoms with van der Waals surface area (Å²) >= 11 is 0. The highest BCUT2D eigenvalue weighted by Crippen LogP contribution is 2.43. The van der Waals surface area contributed by atoms with Crippen molar-refractivity contribution in [2.75, 3.05) is 25.2 Å². The van der Waals surface area contributed by atoms with E-state index < -0.39 is 7.14 Å². The molecule has 3 heterocycles. The van der Waals surface area contributed by atoms with E-state index in [9.17, 15) is 4.57 Å². The Morgan fingerprint density at radius 3 is 2.65 bits per heavy atom. The van der Waals surface area contributed by atoms with Gasteiger partial charge in [0.1, 0.15) is 7.14 Å². The van der Waals surface area contributed by atoms with Gasteiger partial charge in [-0.25, -0.2) is 14.8 Å². The lowest BCUT2D eigenvalue weighted by atomic mass is 9.91. The van der Waals surface area contributed by atoms with Crippen LogP contribution in [0.5, 0.6) is 0 Å². The van der Waals surface area contributed by atoms with Crippen molar-refractivity contribution in [1.29, 1.82) is 0 Å². The molecule has 0 radical (unpaired) electrons. The molecule has 0 saturated carbocycles. The summed E-state index contributed by atoms with van der Waals surface area (Å²) in [4.78, 5) is 16.7. The number of nitrogens with one attached hydrogen (secondary N) is 3. The van der Waals surface area contributed by atoms with Gasteiger partial charge in [-0.1, -0.05) is 30.3 Å². The molecular formula is C26H29N6OP. The Bertz CT molecular complexity index is 1480. The number of aromatic amines is 1. The second-order valence-electron chi connectivity index (χ2n) is 10.1. The van der Waals surface area contributed by atoms with E-state index in [4.69, 9.17) is 16.5 Å². The monoisotopic (exact) mass is 472 g/mol. The maximum absolute atomic E-state index is 13.1. The van der Waals surface area contributed by atoms with E-state index >= 15 is 0 Å². The van der Waals surface area contributed by atoms with Crippen LogP contribution in [0.4, 0.5) is 11.6 Å². The third kappa shape index (κ3) is 4.09. The Labute approximate surface area is 199 Å². The number of piperidine rings is 1. The zero-order valence-corrected chi connectivity index (χ0v) is 20.8. The standard InChI is InChI=1S/C26H29N6OP/c1-26(2)13-12-16(14-29-26)30-25-31-20-9-7-6-8-18(20)22(32-25)19-15-28-23-17(19)10-11-21(27-3)24(23)34(4,5)33/h6-11,15-16,28-29H,12-14H2,1-2,4-5H3,(H,30,31,32)/t16-/m0/s1. The molecule has 1 atom stereocenters. The number of para-hydroxylation sites is 1. The molecule has 0 unspecified atom stereocenters. The van der Waals surface area contributed by atoms with Crippen LogP contribution in [0.3, 0.4) is 0 Å². The Morgan fingerprint density at radius 2 is 1.94 bits per heavy atom. The predicted molar refractivity (Wildman–Crippen MR) is 141 cm³/mol. The SMILES string of the molecule is [C-]#[N+]c1ccc2c(-c3nc(N[C@H]4CCC(C)(C)NC4)nc4ccccc34)c[nH]c2c1P(C)(C)=O. The normalized spacial score (nSPS) is 18.1. The summed E-state index contributed by atoms with van der Waals surface area (Å²) in [5.74, 6) is 0.601. The van der Waals surface area contributed by atoms with Gasteiger partial charge in [-0.15, -0.1) is 0 Å². The van der Waals surface area contributed by atoms with E-state index in [1.807, 2.05) is 36.5 Å². The third-order valence-corrected chi connectivity index (χ3v) is 8.13. The van der Waals surface area contributed by atoms with Gasteiger partial charge in [-0.05, 0) is 46.1 Å². The molecular weight excluding hydrogens is 443 g/mol. The second-order valence-corrected chi connectivity index (χ2v) is 13.2. The molecule has 4 aromatic rings. The minimum absolute atomic E-state index is 0.150. The van der Waals surface area contributed by atoms with Crippen LogP contribution in [-0.2, 0) is 4.57 Å². The molecule has 2 aromatic carbocycles. The average molecular weight is 473 g/mol. The highest BCUT2D eigenvalue weighted by atomic mass is 31.2. The smallest absolute Gasteiger partial charge is 0.224 e. The fourth-order valence-corrected chi connectivity index (χ4v) is 6.18. The molecule has 0 aliphatic carbocycles. The molecule has 8 heteroatoms. The van der Waals surface area contributed by atoms with Gasteiger partial charge >= 0.3 is 0 Å². The van der Waals surface area contributed by atoms with Crippen LogP contribution < -0.4 is 15.9 Å². The Balaban J connectivity index is 1.64. The molecule has 1 aliphatic heterocycles. The van der Waals surface area contributed by atoms with Crippen molar-refractivity contribution in [3.63, 3.8) is 0 Å². The number of benzene rings is 2. The van der Waals surface area contributed by atoms with E-state index in [1.54, 1.807) is 19.4 Å². The first-order valence-corrected chi connectivity index (χ1v) is 14.1. The first-order valence-electron chi connectivity index (χ1n) is 11.5. The molecule has 0 spiro atoms. The Morgan fingerprint density at radius 1 is 1.15 bits per heavy atom. The number of rotatable bonds is 4. The molecule has 174 valence electrons. The minimum Gasteiger partial charge on any atom is -0.361 e. The molecule has 0 amide bonds. The van der Waals surface area contributed by atoms with Crippen molar-refractivity contribution in [3.8, 4) is 11.3 Å². The number of fused-ring (bicyclic) bond motifs is 2. The van der Waals surface area contributed by atoms with Crippen molar-refractivity contribution >= 4 is 45.9 Å². The van der Waals surface area contributed by atoms with Gasteiger partial charge in [0, 0.05) is 51.5 Å². The lowest BCUT2D eigenvalue weighted by Gasteiger charge is -2.36. The van der Waals surface area contributed by atoms with Crippen LogP contribution >= 0.6 is 7.14 Å². The van der Waals surface area contributed by atoms with Crippen LogP contribution in [0.1, 0.15) is 26.7 Å². The summed E-state index contributed by atoms with van der Waals surface area (Å²) in [5.41, 5.74) is 3.91. The maximum atomic E-state index is 13.1. The molecule has 0 bridgehead atoms. The van der Waals surface area contributed by atoms with Crippen LogP contribution in [0.2, 0.25) is 0 Å². The van der Waals surface area contributed by atoms with E-state index in [2.05, 4.69) is 34.3 Å². The highest BCUT2D eigenvalue weighted by Gasteiger charge is 2.27. The number of aromatic nitrogens is 3. The van der Waals surface area contributed by atoms with Crippen molar-refractivity contribution in [3.05, 3.63) is 54.0 Å². The van der Waals surface area contributed by atoms with Crippen molar-refractivity contribution < 1.29 is 4.57 Å². The zero-order chi connectivity index (χ0) is 24.1. The van der Waals surface area contributed by atoms with Gasteiger partial charge in [0.25, 0.3) is 0 Å². The molecule has 2 aromatic heterocycles. The first kappa shape index (κ1) is 22.6. The minimum atomic E-state index is -2.69. The number of hydrogen-bond donors (Lipinski definition) is 3. The van der Waals surface area contributed by atoms with Gasteiger partial charge in [0.05, 0.1) is 17.8 Å². The fraction of sp³-hybridized carbons (Fsp3) is 0.346. The van der Waals surface area contributed by atoms with Gasteiger partial charge in [0.15, 0.2) is 5.69 Å². The van der Waals surface area contributed by atoms with Crippen LogP contribution in [0.15, 0.2) is 42.6 Å². The molecule has 5 rings (SSSR count). The largest absolute Gasteiger partial charge is 0.361 e. The first-order chi connectivity index (χ1) is 16.2. The molecule has 1 aliphatic rings. The lowest BCUT2D eigenvalue weighted by molar-refractivity contribution is 0.289. The summed E-state index contributed by atoms with van der Waals surface area (Å²) < 4.78 is 13.1. The number of H-pyrrole nitrogens is 1. The van der Waals surface area contributed by atoms with Crippen molar-refractivity contribution in [2.24, 2.45) is 0 Å². The van der Waals surface area contributed by atoms with Gasteiger partial charge in [-0.3, -0.25) is 0 Å². The highest BCUT2D eigenvalue weighted by molar-refractivity contribution is 7.71. The molecule has 3 N–H and O–H groups in total. The van der Waals surface area contributed by atoms with E-state index in [0.29, 0.717) is 16.9 Å². The van der Waals surface area contributed by atoms with E-state index in [0.717, 1.165) is 52.4 Å². The van der Waals surface area contributed by atoms with Crippen molar-refractivity contribution in [1.82, 2.24) is 20.3 Å². The molecule has 1 fully saturated rings. The molecule has 1 saturated heterocycles. The Kier molecular flexibility index (Phi) is 5.47. The third-order valence-electron chi connectivity index (χ3n) is 6.60. The van der Waals surface area contributed by atoms with E-state index in [-0.39, 0.29) is 11.6 Å². The molecule has 7 nitrogen and oxygen atoms in total. The van der Waals surface area contributed by atoms with Crippen LogP contribution in [-0.4, -0.2) is 46.4 Å². The van der Waals surface area contributed by atoms with Gasteiger partial charge < -0.3 is 20.2 Å².